The SMILES string of the molecule is COc1c[c]cc(OC)c1C1=N[N+]2(N3CCc4ncccc4C3)C=CN=CC2=N1. The summed E-state index contributed by atoms with van der Waals surface area (Å²) in [6.45, 7) is 1.52. The fraction of sp³-hybridized carbons (Fsp3) is 0.238. The van der Waals surface area contributed by atoms with Gasteiger partial charge in [0, 0.05) is 18.3 Å². The van der Waals surface area contributed by atoms with E-state index in [9.17, 15) is 0 Å². The van der Waals surface area contributed by atoms with E-state index >= 15 is 0 Å². The van der Waals surface area contributed by atoms with Gasteiger partial charge in [-0.2, -0.15) is 4.99 Å². The topological polar surface area (TPSA) is 71.7 Å². The van der Waals surface area contributed by atoms with Crippen molar-refractivity contribution in [2.45, 2.75) is 13.0 Å². The zero-order valence-electron chi connectivity index (χ0n) is 16.2. The van der Waals surface area contributed by atoms with Crippen molar-refractivity contribution in [3.63, 3.8) is 0 Å². The average Bonchev–Trinajstić information content (AvgIpc) is 3.18. The molecule has 0 fully saturated rings. The minimum atomic E-state index is 0.137. The minimum absolute atomic E-state index is 0.137. The lowest BCUT2D eigenvalue weighted by Gasteiger charge is -2.37. The molecule has 0 amide bonds. The number of amidine groups is 2. The lowest BCUT2D eigenvalue weighted by Crippen LogP contribution is -2.57. The fourth-order valence-corrected chi connectivity index (χ4v) is 3.89. The van der Waals surface area contributed by atoms with Crippen LogP contribution in [0, 0.1) is 6.07 Å². The average molecular weight is 388 g/mol. The van der Waals surface area contributed by atoms with E-state index in [0.29, 0.717) is 29.4 Å². The summed E-state index contributed by atoms with van der Waals surface area (Å²) in [6.07, 6.45) is 8.16. The number of methoxy groups -OCH3 is 2. The number of benzene rings is 1. The van der Waals surface area contributed by atoms with E-state index in [1.807, 2.05) is 18.5 Å². The zero-order valence-corrected chi connectivity index (χ0v) is 16.2. The summed E-state index contributed by atoms with van der Waals surface area (Å²) in [5.41, 5.74) is 3.05. The summed E-state index contributed by atoms with van der Waals surface area (Å²) in [4.78, 5) is 13.6. The van der Waals surface area contributed by atoms with E-state index in [1.165, 1.54) is 5.56 Å². The molecular formula is C21H20N6O2+. The van der Waals surface area contributed by atoms with Gasteiger partial charge in [0.25, 0.3) is 0 Å². The van der Waals surface area contributed by atoms with Crippen LogP contribution in [0.5, 0.6) is 11.5 Å². The molecule has 5 rings (SSSR count). The van der Waals surface area contributed by atoms with Crippen molar-refractivity contribution in [2.75, 3.05) is 20.8 Å². The second-order valence-electron chi connectivity index (χ2n) is 6.83. The van der Waals surface area contributed by atoms with Crippen LogP contribution in [-0.4, -0.2) is 53.3 Å². The summed E-state index contributed by atoms with van der Waals surface area (Å²) < 4.78 is 11.2. The van der Waals surface area contributed by atoms with Crippen LogP contribution in [0.4, 0.5) is 0 Å². The van der Waals surface area contributed by atoms with Gasteiger partial charge in [-0.15, -0.1) is 5.01 Å². The molecule has 0 aliphatic carbocycles. The number of ether oxygens (including phenoxy) is 2. The third-order valence-electron chi connectivity index (χ3n) is 5.32. The molecule has 2 aromatic rings. The number of pyridine rings is 1. The van der Waals surface area contributed by atoms with Gasteiger partial charge in [-0.3, -0.25) is 9.98 Å². The van der Waals surface area contributed by atoms with Gasteiger partial charge in [0.2, 0.25) is 5.84 Å². The van der Waals surface area contributed by atoms with Gasteiger partial charge in [-0.1, -0.05) is 6.07 Å². The molecule has 1 atom stereocenters. The number of aromatic nitrogens is 1. The molecule has 3 aliphatic heterocycles. The highest BCUT2D eigenvalue weighted by Crippen LogP contribution is 2.35. The Morgan fingerprint density at radius 2 is 2.00 bits per heavy atom. The van der Waals surface area contributed by atoms with Gasteiger partial charge < -0.3 is 9.47 Å². The number of hydrogen-bond acceptors (Lipinski definition) is 7. The standard InChI is InChI=1S/C21H20N6O2/c1-28-17-6-3-7-18(29-2)20(17)21-24-19-13-22-10-12-27(19,25-21)26-11-8-16-15(14-26)5-4-9-23-16/h4-7,9-10,12-13H,8,11,14H2,1-2H3/q+1. The van der Waals surface area contributed by atoms with Crippen LogP contribution >= 0.6 is 0 Å². The Kier molecular flexibility index (Phi) is 4.22. The van der Waals surface area contributed by atoms with Crippen LogP contribution in [-0.2, 0) is 13.0 Å². The molecule has 0 saturated carbocycles. The first-order valence-electron chi connectivity index (χ1n) is 9.35. The Balaban J connectivity index is 1.61. The van der Waals surface area contributed by atoms with E-state index in [-0.39, 0.29) is 4.70 Å². The van der Waals surface area contributed by atoms with Gasteiger partial charge in [0.1, 0.15) is 23.3 Å². The van der Waals surface area contributed by atoms with E-state index in [1.54, 1.807) is 38.8 Å². The predicted molar refractivity (Wildman–Crippen MR) is 109 cm³/mol. The van der Waals surface area contributed by atoms with Crippen molar-refractivity contribution in [2.24, 2.45) is 15.1 Å². The van der Waals surface area contributed by atoms with Crippen LogP contribution in [0.15, 0.2) is 57.9 Å². The molecule has 1 unspecified atom stereocenters. The molecular weight excluding hydrogens is 368 g/mol. The number of hydrogen-bond donors (Lipinski definition) is 0. The predicted octanol–water partition coefficient (Wildman–Crippen LogP) is 2.32. The minimum Gasteiger partial charge on any atom is -0.496 e. The molecule has 1 aromatic heterocycles. The summed E-state index contributed by atoms with van der Waals surface area (Å²) in [7, 11) is 3.23. The zero-order chi connectivity index (χ0) is 19.8. The maximum Gasteiger partial charge on any atom is 0.300 e. The molecule has 8 nitrogen and oxygen atoms in total. The number of nitrogens with zero attached hydrogens (tertiary/aromatic N) is 6. The first-order chi connectivity index (χ1) is 14.2. The highest BCUT2D eigenvalue weighted by atomic mass is 16.5. The molecule has 1 radical (unpaired) electrons. The van der Waals surface area contributed by atoms with Crippen LogP contribution in [0.3, 0.4) is 0 Å². The summed E-state index contributed by atoms with van der Waals surface area (Å²) in [5, 5.41) is 7.29. The Morgan fingerprint density at radius 3 is 2.79 bits per heavy atom. The third-order valence-corrected chi connectivity index (χ3v) is 5.32. The Hall–Kier alpha value is -3.36. The molecule has 0 bridgehead atoms. The smallest absolute Gasteiger partial charge is 0.300 e. The normalized spacial score (nSPS) is 22.6. The number of aliphatic imine (C=N–C) groups is 2. The van der Waals surface area contributed by atoms with E-state index in [4.69, 9.17) is 19.6 Å². The van der Waals surface area contributed by atoms with E-state index in [2.05, 4.69) is 27.1 Å². The fourth-order valence-electron chi connectivity index (χ4n) is 3.89. The Labute approximate surface area is 168 Å². The van der Waals surface area contributed by atoms with Gasteiger partial charge >= 0.3 is 5.84 Å². The van der Waals surface area contributed by atoms with Crippen molar-refractivity contribution in [3.8, 4) is 11.5 Å². The number of fused-ring (bicyclic) bond motifs is 2. The number of rotatable bonds is 4. The largest absolute Gasteiger partial charge is 0.496 e. The highest BCUT2D eigenvalue weighted by molar-refractivity contribution is 6.31. The highest BCUT2D eigenvalue weighted by Gasteiger charge is 2.48. The van der Waals surface area contributed by atoms with Crippen LogP contribution in [0.25, 0.3) is 0 Å². The molecule has 0 N–H and O–H groups in total. The molecule has 145 valence electrons. The molecule has 1 aromatic carbocycles. The van der Waals surface area contributed by atoms with Crippen LogP contribution < -0.4 is 9.47 Å². The quantitative estimate of drug-likeness (QED) is 0.754. The third kappa shape index (κ3) is 2.76. The lowest BCUT2D eigenvalue weighted by molar-refractivity contribution is -0.920. The molecule has 0 saturated heterocycles. The van der Waals surface area contributed by atoms with Crippen molar-refractivity contribution >= 4 is 17.9 Å². The number of quaternary nitrogens is 1. The van der Waals surface area contributed by atoms with Gasteiger partial charge in [-0.05, 0) is 39.6 Å². The molecule has 3 aliphatic rings. The molecule has 0 spiro atoms. The summed E-state index contributed by atoms with van der Waals surface area (Å²) >= 11 is 0. The summed E-state index contributed by atoms with van der Waals surface area (Å²) in [6, 6.07) is 10.6. The van der Waals surface area contributed by atoms with Gasteiger partial charge in [0.05, 0.1) is 33.5 Å². The van der Waals surface area contributed by atoms with Crippen molar-refractivity contribution in [1.82, 2.24) is 9.99 Å². The van der Waals surface area contributed by atoms with Crippen molar-refractivity contribution < 1.29 is 14.2 Å². The van der Waals surface area contributed by atoms with E-state index < -0.39 is 0 Å². The molecule has 29 heavy (non-hydrogen) atoms. The molecule has 4 heterocycles. The lowest BCUT2D eigenvalue weighted by atomic mass is 10.1. The van der Waals surface area contributed by atoms with Crippen molar-refractivity contribution in [3.05, 3.63) is 65.7 Å². The second-order valence-corrected chi connectivity index (χ2v) is 6.83. The Bertz CT molecular complexity index is 1070. The Morgan fingerprint density at radius 1 is 1.17 bits per heavy atom. The van der Waals surface area contributed by atoms with E-state index in [0.717, 1.165) is 24.5 Å². The summed E-state index contributed by atoms with van der Waals surface area (Å²) in [5.74, 6) is 2.49. The monoisotopic (exact) mass is 388 g/mol. The van der Waals surface area contributed by atoms with Crippen LogP contribution in [0.2, 0.25) is 0 Å². The second kappa shape index (κ2) is 6.91. The van der Waals surface area contributed by atoms with Crippen LogP contribution in [0.1, 0.15) is 16.8 Å². The molecule has 8 heteroatoms. The van der Waals surface area contributed by atoms with Crippen molar-refractivity contribution in [1.29, 1.82) is 0 Å². The maximum absolute atomic E-state index is 5.54. The van der Waals surface area contributed by atoms with Gasteiger partial charge in [-0.25, -0.2) is 0 Å². The van der Waals surface area contributed by atoms with Gasteiger partial charge in [0.15, 0.2) is 6.20 Å². The first kappa shape index (κ1) is 17.7. The first-order valence-corrected chi connectivity index (χ1v) is 9.35. The maximum atomic E-state index is 5.54.